The molecule has 1 aliphatic rings. The highest BCUT2D eigenvalue weighted by Gasteiger charge is 2.41. The molecule has 0 bridgehead atoms. The van der Waals surface area contributed by atoms with E-state index in [1.54, 1.807) is 0 Å². The molecule has 2 rings (SSSR count). The van der Waals surface area contributed by atoms with E-state index < -0.39 is 11.4 Å². The second-order valence-corrected chi connectivity index (χ2v) is 5.58. The van der Waals surface area contributed by atoms with Gasteiger partial charge in [0.15, 0.2) is 0 Å². The summed E-state index contributed by atoms with van der Waals surface area (Å²) in [5.41, 5.74) is 0.307. The number of carboxylic acids is 1. The molecule has 1 atom stereocenters. The Morgan fingerprint density at radius 3 is 3.00 bits per heavy atom. The monoisotopic (exact) mass is 266 g/mol. The third kappa shape index (κ3) is 3.15. The summed E-state index contributed by atoms with van der Waals surface area (Å²) in [7, 11) is 0. The Labute approximate surface area is 113 Å². The highest BCUT2D eigenvalue weighted by molar-refractivity contribution is 5.75. The van der Waals surface area contributed by atoms with Gasteiger partial charge in [-0.2, -0.15) is 0 Å². The summed E-state index contributed by atoms with van der Waals surface area (Å²) in [5.74, 6) is 0.139. The molecule has 1 aromatic rings. The minimum Gasteiger partial charge on any atom is -0.481 e. The fourth-order valence-electron chi connectivity index (χ4n) is 3.05. The largest absolute Gasteiger partial charge is 0.481 e. The van der Waals surface area contributed by atoms with Crippen LogP contribution < -0.4 is 0 Å². The molecule has 0 aromatic carbocycles. The summed E-state index contributed by atoms with van der Waals surface area (Å²) in [5, 5.41) is 13.5. The van der Waals surface area contributed by atoms with Crippen LogP contribution >= 0.6 is 0 Å². The minimum atomic E-state index is -0.657. The van der Waals surface area contributed by atoms with Crippen LogP contribution in [0.3, 0.4) is 0 Å². The van der Waals surface area contributed by atoms with Crippen molar-refractivity contribution in [2.45, 2.75) is 46.1 Å². The van der Waals surface area contributed by atoms with Gasteiger partial charge in [0.1, 0.15) is 5.76 Å². The van der Waals surface area contributed by atoms with Gasteiger partial charge in [0.05, 0.1) is 11.1 Å². The molecule has 0 radical (unpaired) electrons. The van der Waals surface area contributed by atoms with E-state index in [1.165, 1.54) is 0 Å². The molecule has 0 spiro atoms. The standard InChI is InChI=1S/C14H22N2O3/c1-3-5-14(13(17)18)6-4-7-16(10-14)9-12-8-11(2)19-15-12/h8H,3-7,9-10H2,1-2H3,(H,17,18). The molecule has 1 fully saturated rings. The molecule has 5 nitrogen and oxygen atoms in total. The fraction of sp³-hybridized carbons (Fsp3) is 0.714. The Hall–Kier alpha value is -1.36. The Morgan fingerprint density at radius 1 is 1.63 bits per heavy atom. The van der Waals surface area contributed by atoms with E-state index in [0.717, 1.165) is 43.7 Å². The highest BCUT2D eigenvalue weighted by Crippen LogP contribution is 2.35. The van der Waals surface area contributed by atoms with E-state index in [1.807, 2.05) is 19.9 Å². The molecule has 1 saturated heterocycles. The number of likely N-dealkylation sites (tertiary alicyclic amines) is 1. The molecule has 0 amide bonds. The molecule has 106 valence electrons. The molecule has 1 aromatic heterocycles. The van der Waals surface area contributed by atoms with Gasteiger partial charge in [-0.25, -0.2) is 0 Å². The number of aliphatic carboxylic acids is 1. The fourth-order valence-corrected chi connectivity index (χ4v) is 3.05. The van der Waals surface area contributed by atoms with E-state index in [-0.39, 0.29) is 0 Å². The van der Waals surface area contributed by atoms with Crippen molar-refractivity contribution < 1.29 is 14.4 Å². The number of aromatic nitrogens is 1. The first-order chi connectivity index (χ1) is 9.05. The van der Waals surface area contributed by atoms with Crippen molar-refractivity contribution in [1.29, 1.82) is 0 Å². The maximum Gasteiger partial charge on any atom is 0.310 e. The summed E-state index contributed by atoms with van der Waals surface area (Å²) in [6, 6.07) is 1.91. The van der Waals surface area contributed by atoms with Crippen LogP contribution in [-0.4, -0.2) is 34.2 Å². The number of carboxylic acid groups (broad SMARTS) is 1. The van der Waals surface area contributed by atoms with E-state index in [0.29, 0.717) is 13.1 Å². The summed E-state index contributed by atoms with van der Waals surface area (Å²) < 4.78 is 5.06. The van der Waals surface area contributed by atoms with Crippen molar-refractivity contribution >= 4 is 5.97 Å². The predicted octanol–water partition coefficient (Wildman–Crippen LogP) is 2.45. The Kier molecular flexibility index (Phi) is 4.24. The molecule has 0 aliphatic carbocycles. The van der Waals surface area contributed by atoms with Crippen molar-refractivity contribution in [2.75, 3.05) is 13.1 Å². The first-order valence-corrected chi connectivity index (χ1v) is 6.94. The highest BCUT2D eigenvalue weighted by atomic mass is 16.5. The van der Waals surface area contributed by atoms with Crippen LogP contribution in [0.2, 0.25) is 0 Å². The van der Waals surface area contributed by atoms with Gasteiger partial charge in [-0.3, -0.25) is 9.69 Å². The molecule has 5 heteroatoms. The Morgan fingerprint density at radius 2 is 2.42 bits per heavy atom. The predicted molar refractivity (Wildman–Crippen MR) is 70.7 cm³/mol. The number of hydrogen-bond donors (Lipinski definition) is 1. The lowest BCUT2D eigenvalue weighted by Crippen LogP contribution is -2.47. The van der Waals surface area contributed by atoms with Gasteiger partial charge < -0.3 is 9.63 Å². The van der Waals surface area contributed by atoms with E-state index in [4.69, 9.17) is 4.52 Å². The van der Waals surface area contributed by atoms with Crippen molar-refractivity contribution in [3.63, 3.8) is 0 Å². The molecule has 1 unspecified atom stereocenters. The number of piperidine rings is 1. The molecule has 0 saturated carbocycles. The van der Waals surface area contributed by atoms with Gasteiger partial charge >= 0.3 is 5.97 Å². The summed E-state index contributed by atoms with van der Waals surface area (Å²) in [6.07, 6.45) is 3.37. The van der Waals surface area contributed by atoms with Crippen molar-refractivity contribution in [2.24, 2.45) is 5.41 Å². The van der Waals surface area contributed by atoms with Crippen molar-refractivity contribution in [3.8, 4) is 0 Å². The number of carbonyl (C=O) groups is 1. The molecule has 19 heavy (non-hydrogen) atoms. The Balaban J connectivity index is 2.05. The van der Waals surface area contributed by atoms with Crippen LogP contribution in [0.5, 0.6) is 0 Å². The van der Waals surface area contributed by atoms with E-state index in [9.17, 15) is 9.90 Å². The van der Waals surface area contributed by atoms with Gasteiger partial charge in [-0.15, -0.1) is 0 Å². The minimum absolute atomic E-state index is 0.578. The quantitative estimate of drug-likeness (QED) is 0.886. The lowest BCUT2D eigenvalue weighted by Gasteiger charge is -2.39. The van der Waals surface area contributed by atoms with E-state index in [2.05, 4.69) is 10.1 Å². The maximum absolute atomic E-state index is 11.6. The number of hydrogen-bond acceptors (Lipinski definition) is 4. The van der Waals surface area contributed by atoms with Crippen LogP contribution in [0.25, 0.3) is 0 Å². The first-order valence-electron chi connectivity index (χ1n) is 6.94. The van der Waals surface area contributed by atoms with Crippen LogP contribution in [-0.2, 0) is 11.3 Å². The lowest BCUT2D eigenvalue weighted by molar-refractivity contribution is -0.153. The third-order valence-corrected chi connectivity index (χ3v) is 3.90. The van der Waals surface area contributed by atoms with Crippen LogP contribution in [0.1, 0.15) is 44.1 Å². The van der Waals surface area contributed by atoms with E-state index >= 15 is 0 Å². The summed E-state index contributed by atoms with van der Waals surface area (Å²) >= 11 is 0. The zero-order valence-corrected chi connectivity index (χ0v) is 11.7. The topological polar surface area (TPSA) is 66.6 Å². The normalized spacial score (nSPS) is 24.5. The second kappa shape index (κ2) is 5.74. The van der Waals surface area contributed by atoms with Crippen molar-refractivity contribution in [1.82, 2.24) is 10.1 Å². The van der Waals surface area contributed by atoms with Gasteiger partial charge in [-0.05, 0) is 32.7 Å². The average Bonchev–Trinajstić information content (AvgIpc) is 2.75. The molecule has 1 N–H and O–H groups in total. The SMILES string of the molecule is CCCC1(C(=O)O)CCCN(Cc2cc(C)on2)C1. The number of rotatable bonds is 5. The van der Waals surface area contributed by atoms with Crippen LogP contribution in [0, 0.1) is 12.3 Å². The third-order valence-electron chi connectivity index (χ3n) is 3.90. The first kappa shape index (κ1) is 14.1. The molecule has 2 heterocycles. The number of nitrogens with zero attached hydrogens (tertiary/aromatic N) is 2. The zero-order valence-electron chi connectivity index (χ0n) is 11.7. The average molecular weight is 266 g/mol. The second-order valence-electron chi connectivity index (χ2n) is 5.58. The molecular formula is C14H22N2O3. The van der Waals surface area contributed by atoms with Gasteiger partial charge in [0.25, 0.3) is 0 Å². The van der Waals surface area contributed by atoms with Crippen LogP contribution in [0.4, 0.5) is 0 Å². The van der Waals surface area contributed by atoms with Gasteiger partial charge in [0, 0.05) is 19.2 Å². The zero-order chi connectivity index (χ0) is 13.9. The van der Waals surface area contributed by atoms with Crippen molar-refractivity contribution in [3.05, 3.63) is 17.5 Å². The smallest absolute Gasteiger partial charge is 0.310 e. The maximum atomic E-state index is 11.6. The van der Waals surface area contributed by atoms with Gasteiger partial charge in [0.2, 0.25) is 0 Å². The summed E-state index contributed by atoms with van der Waals surface area (Å²) in [6.45, 7) is 6.14. The van der Waals surface area contributed by atoms with Crippen LogP contribution in [0.15, 0.2) is 10.6 Å². The van der Waals surface area contributed by atoms with Gasteiger partial charge in [-0.1, -0.05) is 18.5 Å². The molecular weight excluding hydrogens is 244 g/mol. The Bertz CT molecular complexity index is 440. The molecule has 1 aliphatic heterocycles. The lowest BCUT2D eigenvalue weighted by atomic mass is 9.76. The summed E-state index contributed by atoms with van der Waals surface area (Å²) in [4.78, 5) is 13.8. The number of aryl methyl sites for hydroxylation is 1.